The van der Waals surface area contributed by atoms with E-state index in [1.165, 1.54) is 5.69 Å². The number of likely N-dealkylation sites (tertiary alicyclic amines) is 1. The number of piperazine rings is 1. The number of thiazole rings is 1. The van der Waals surface area contributed by atoms with Gasteiger partial charge in [0.2, 0.25) is 5.91 Å². The zero-order valence-electron chi connectivity index (χ0n) is 17.0. The molecule has 2 saturated heterocycles. The van der Waals surface area contributed by atoms with Crippen LogP contribution in [0.1, 0.15) is 41.0 Å². The molecular weight excluding hydrogens is 370 g/mol. The van der Waals surface area contributed by atoms with E-state index in [9.17, 15) is 4.79 Å². The molecule has 1 atom stereocenters. The number of aromatic nitrogens is 2. The number of aryl methyl sites for hydroxylation is 2. The number of amides is 1. The van der Waals surface area contributed by atoms with Crippen LogP contribution < -0.4 is 4.90 Å². The van der Waals surface area contributed by atoms with Gasteiger partial charge in [-0.2, -0.15) is 0 Å². The maximum absolute atomic E-state index is 13.0. The number of pyridine rings is 1. The van der Waals surface area contributed by atoms with Crippen LogP contribution in [-0.2, 0) is 11.2 Å². The van der Waals surface area contributed by atoms with Gasteiger partial charge in [-0.25, -0.2) is 4.98 Å². The fourth-order valence-electron chi connectivity index (χ4n) is 4.21. The minimum Gasteiger partial charge on any atom is -0.369 e. The fraction of sp³-hybridized carbons (Fsp3) is 0.571. The molecule has 1 amide bonds. The average Bonchev–Trinajstić information content (AvgIpc) is 3.31. The van der Waals surface area contributed by atoms with Crippen molar-refractivity contribution in [3.8, 4) is 0 Å². The van der Waals surface area contributed by atoms with Crippen molar-refractivity contribution in [1.29, 1.82) is 0 Å². The Balaban J connectivity index is 1.52. The number of nitrogens with zero attached hydrogens (tertiary/aromatic N) is 5. The summed E-state index contributed by atoms with van der Waals surface area (Å²) in [7, 11) is 2.17. The first-order valence-electron chi connectivity index (χ1n) is 10.1. The summed E-state index contributed by atoms with van der Waals surface area (Å²) in [6.07, 6.45) is 2.41. The van der Waals surface area contributed by atoms with Crippen LogP contribution in [0.5, 0.6) is 0 Å². The number of anilines is 1. The monoisotopic (exact) mass is 399 g/mol. The van der Waals surface area contributed by atoms with Gasteiger partial charge >= 0.3 is 0 Å². The molecule has 2 aliphatic heterocycles. The lowest BCUT2D eigenvalue weighted by molar-refractivity contribution is -0.131. The lowest BCUT2D eigenvalue weighted by Crippen LogP contribution is -2.44. The SMILES string of the molecule is Cc1cc(N2CCN(C)CC2)cc(C2CCCN2C(=O)Cc2csc(C)n2)n1. The van der Waals surface area contributed by atoms with Crippen molar-refractivity contribution in [2.75, 3.05) is 44.7 Å². The van der Waals surface area contributed by atoms with Crippen LogP contribution in [0.15, 0.2) is 17.5 Å². The number of hydrogen-bond donors (Lipinski definition) is 0. The van der Waals surface area contributed by atoms with Gasteiger partial charge < -0.3 is 14.7 Å². The number of likely N-dealkylation sites (N-methyl/N-ethyl adjacent to an activating group) is 1. The third-order valence-corrected chi connectivity index (χ3v) is 6.56. The summed E-state index contributed by atoms with van der Waals surface area (Å²) in [5, 5.41) is 3.01. The van der Waals surface area contributed by atoms with Crippen LogP contribution >= 0.6 is 11.3 Å². The summed E-state index contributed by atoms with van der Waals surface area (Å²) in [4.78, 5) is 29.1. The lowest BCUT2D eigenvalue weighted by Gasteiger charge is -2.34. The average molecular weight is 400 g/mol. The van der Waals surface area contributed by atoms with E-state index in [4.69, 9.17) is 4.98 Å². The minimum atomic E-state index is 0.0818. The Morgan fingerprint density at radius 3 is 2.64 bits per heavy atom. The Hall–Kier alpha value is -1.99. The third kappa shape index (κ3) is 4.20. The van der Waals surface area contributed by atoms with Gasteiger partial charge in [0.05, 0.1) is 28.9 Å². The minimum absolute atomic E-state index is 0.0818. The Bertz CT molecular complexity index is 843. The molecule has 28 heavy (non-hydrogen) atoms. The van der Waals surface area contributed by atoms with Crippen molar-refractivity contribution in [3.05, 3.63) is 39.6 Å². The Kier molecular flexibility index (Phi) is 5.64. The van der Waals surface area contributed by atoms with Gasteiger partial charge in [-0.15, -0.1) is 11.3 Å². The van der Waals surface area contributed by atoms with E-state index in [1.54, 1.807) is 11.3 Å². The highest BCUT2D eigenvalue weighted by Crippen LogP contribution is 2.33. The molecule has 0 aromatic carbocycles. The summed E-state index contributed by atoms with van der Waals surface area (Å²) in [6, 6.07) is 4.47. The standard InChI is InChI=1S/C21H29N5OS/c1-15-11-18(25-9-7-24(3)8-10-25)13-19(22-15)20-5-4-6-26(20)21(27)12-17-14-28-16(2)23-17/h11,13-14,20H,4-10,12H2,1-3H3. The molecule has 2 aromatic heterocycles. The lowest BCUT2D eigenvalue weighted by atomic mass is 10.1. The summed E-state index contributed by atoms with van der Waals surface area (Å²) in [5.74, 6) is 0.164. The molecule has 4 heterocycles. The normalized spacial score (nSPS) is 20.8. The Morgan fingerprint density at radius 2 is 1.93 bits per heavy atom. The first-order valence-corrected chi connectivity index (χ1v) is 11.0. The Labute approximate surface area is 171 Å². The van der Waals surface area contributed by atoms with Gasteiger partial charge in [0.15, 0.2) is 0 Å². The molecule has 4 rings (SSSR count). The molecule has 2 aromatic rings. The predicted octanol–water partition coefficient (Wildman–Crippen LogP) is 2.81. The first-order chi connectivity index (χ1) is 13.5. The second kappa shape index (κ2) is 8.17. The second-order valence-electron chi connectivity index (χ2n) is 7.96. The van der Waals surface area contributed by atoms with Crippen LogP contribution in [0.25, 0.3) is 0 Å². The highest BCUT2D eigenvalue weighted by molar-refractivity contribution is 7.09. The van der Waals surface area contributed by atoms with Gasteiger partial charge in [0, 0.05) is 49.5 Å². The van der Waals surface area contributed by atoms with E-state index >= 15 is 0 Å². The van der Waals surface area contributed by atoms with E-state index in [0.717, 1.165) is 67.7 Å². The molecule has 2 aliphatic rings. The van der Waals surface area contributed by atoms with E-state index < -0.39 is 0 Å². The van der Waals surface area contributed by atoms with Gasteiger partial charge in [0.1, 0.15) is 0 Å². The van der Waals surface area contributed by atoms with Crippen LogP contribution in [0.3, 0.4) is 0 Å². The summed E-state index contributed by atoms with van der Waals surface area (Å²) in [6.45, 7) is 9.09. The van der Waals surface area contributed by atoms with Crippen molar-refractivity contribution in [2.24, 2.45) is 0 Å². The molecule has 6 nitrogen and oxygen atoms in total. The first kappa shape index (κ1) is 19.3. The maximum Gasteiger partial charge on any atom is 0.229 e. The Morgan fingerprint density at radius 1 is 1.14 bits per heavy atom. The highest BCUT2D eigenvalue weighted by atomic mass is 32.1. The van der Waals surface area contributed by atoms with Crippen LogP contribution in [-0.4, -0.2) is 65.4 Å². The highest BCUT2D eigenvalue weighted by Gasteiger charge is 2.32. The third-order valence-electron chi connectivity index (χ3n) is 5.74. The topological polar surface area (TPSA) is 52.6 Å². The van der Waals surface area contributed by atoms with Gasteiger partial charge in [-0.3, -0.25) is 9.78 Å². The molecule has 150 valence electrons. The fourth-order valence-corrected chi connectivity index (χ4v) is 4.82. The zero-order chi connectivity index (χ0) is 19.7. The summed E-state index contributed by atoms with van der Waals surface area (Å²) in [5.41, 5.74) is 4.19. The molecule has 2 fully saturated rings. The molecule has 0 saturated carbocycles. The molecule has 7 heteroatoms. The summed E-state index contributed by atoms with van der Waals surface area (Å²) < 4.78 is 0. The maximum atomic E-state index is 13.0. The van der Waals surface area contributed by atoms with Crippen LogP contribution in [0, 0.1) is 13.8 Å². The predicted molar refractivity (Wildman–Crippen MR) is 113 cm³/mol. The molecule has 0 spiro atoms. The number of rotatable bonds is 4. The molecule has 0 radical (unpaired) electrons. The van der Waals surface area contributed by atoms with Crippen LogP contribution in [0.2, 0.25) is 0 Å². The molecule has 0 N–H and O–H groups in total. The van der Waals surface area contributed by atoms with E-state index in [-0.39, 0.29) is 11.9 Å². The molecule has 1 unspecified atom stereocenters. The summed E-state index contributed by atoms with van der Waals surface area (Å²) >= 11 is 1.60. The van der Waals surface area contributed by atoms with Crippen molar-refractivity contribution in [3.63, 3.8) is 0 Å². The molecule has 0 bridgehead atoms. The molecular formula is C21H29N5OS. The van der Waals surface area contributed by atoms with Crippen molar-refractivity contribution in [2.45, 2.75) is 39.2 Å². The number of carbonyl (C=O) groups excluding carboxylic acids is 1. The smallest absolute Gasteiger partial charge is 0.229 e. The number of hydrogen-bond acceptors (Lipinski definition) is 6. The van der Waals surface area contributed by atoms with E-state index in [2.05, 4.69) is 40.9 Å². The second-order valence-corrected chi connectivity index (χ2v) is 9.02. The van der Waals surface area contributed by atoms with E-state index in [0.29, 0.717) is 6.42 Å². The van der Waals surface area contributed by atoms with Crippen molar-refractivity contribution in [1.82, 2.24) is 19.8 Å². The van der Waals surface area contributed by atoms with Gasteiger partial charge in [0.25, 0.3) is 0 Å². The van der Waals surface area contributed by atoms with Crippen molar-refractivity contribution < 1.29 is 4.79 Å². The van der Waals surface area contributed by atoms with Gasteiger partial charge in [-0.1, -0.05) is 0 Å². The number of carbonyl (C=O) groups is 1. The largest absolute Gasteiger partial charge is 0.369 e. The quantitative estimate of drug-likeness (QED) is 0.791. The van der Waals surface area contributed by atoms with Crippen LogP contribution in [0.4, 0.5) is 5.69 Å². The van der Waals surface area contributed by atoms with Crippen molar-refractivity contribution >= 4 is 22.9 Å². The van der Waals surface area contributed by atoms with E-state index in [1.807, 2.05) is 17.2 Å². The molecule has 0 aliphatic carbocycles. The van der Waals surface area contributed by atoms with Gasteiger partial charge in [-0.05, 0) is 45.9 Å². The zero-order valence-corrected chi connectivity index (χ0v) is 17.8.